The smallest absolute Gasteiger partial charge is 0.335 e. The van der Waals surface area contributed by atoms with Gasteiger partial charge in [-0.05, 0) is 25.2 Å². The van der Waals surface area contributed by atoms with E-state index >= 15 is 0 Å². The van der Waals surface area contributed by atoms with Crippen LogP contribution in [0.4, 0.5) is 4.39 Å². The summed E-state index contributed by atoms with van der Waals surface area (Å²) >= 11 is 0. The summed E-state index contributed by atoms with van der Waals surface area (Å²) in [6.45, 7) is 2.48. The van der Waals surface area contributed by atoms with Crippen molar-refractivity contribution in [2.24, 2.45) is 5.92 Å². The standard InChI is InChI=1S/C14H19FN2O3/c1-9(13(18)16-2)7-17(3)8-11-6-10(14(19)20)4-5-12(11)15/h4-6,9H,7-8H2,1-3H3,(H,16,18)(H,19,20). The monoisotopic (exact) mass is 282 g/mol. The van der Waals surface area contributed by atoms with E-state index in [1.165, 1.54) is 12.1 Å². The molecule has 0 aliphatic heterocycles. The van der Waals surface area contributed by atoms with Gasteiger partial charge in [-0.25, -0.2) is 9.18 Å². The van der Waals surface area contributed by atoms with E-state index in [-0.39, 0.29) is 23.9 Å². The molecule has 110 valence electrons. The highest BCUT2D eigenvalue weighted by atomic mass is 19.1. The number of nitrogens with one attached hydrogen (secondary N) is 1. The van der Waals surface area contributed by atoms with E-state index < -0.39 is 11.8 Å². The van der Waals surface area contributed by atoms with Gasteiger partial charge < -0.3 is 15.3 Å². The molecule has 0 aromatic heterocycles. The number of aromatic carboxylic acids is 1. The third-order valence-corrected chi connectivity index (χ3v) is 3.01. The van der Waals surface area contributed by atoms with E-state index in [1.54, 1.807) is 25.9 Å². The number of amides is 1. The van der Waals surface area contributed by atoms with E-state index in [9.17, 15) is 14.0 Å². The van der Waals surface area contributed by atoms with Crippen molar-refractivity contribution >= 4 is 11.9 Å². The van der Waals surface area contributed by atoms with Gasteiger partial charge in [-0.15, -0.1) is 0 Å². The molecule has 1 amide bonds. The minimum atomic E-state index is -1.09. The summed E-state index contributed by atoms with van der Waals surface area (Å²) in [5, 5.41) is 11.4. The van der Waals surface area contributed by atoms with Crippen LogP contribution in [0, 0.1) is 11.7 Å². The first-order chi connectivity index (χ1) is 9.35. The molecule has 1 atom stereocenters. The van der Waals surface area contributed by atoms with E-state index in [0.717, 1.165) is 6.07 Å². The average Bonchev–Trinajstić information content (AvgIpc) is 2.39. The third kappa shape index (κ3) is 4.31. The van der Waals surface area contributed by atoms with Crippen molar-refractivity contribution in [3.8, 4) is 0 Å². The van der Waals surface area contributed by atoms with Gasteiger partial charge in [0.25, 0.3) is 0 Å². The maximum Gasteiger partial charge on any atom is 0.335 e. The molecular formula is C14H19FN2O3. The highest BCUT2D eigenvalue weighted by Gasteiger charge is 2.15. The Hall–Kier alpha value is -1.95. The Balaban J connectivity index is 2.75. The zero-order chi connectivity index (χ0) is 15.3. The Bertz CT molecular complexity index is 505. The molecular weight excluding hydrogens is 263 g/mol. The molecule has 2 N–H and O–H groups in total. The molecule has 0 aliphatic rings. The molecule has 1 aromatic carbocycles. The maximum absolute atomic E-state index is 13.7. The Morgan fingerprint density at radius 3 is 2.65 bits per heavy atom. The van der Waals surface area contributed by atoms with E-state index in [1.807, 2.05) is 0 Å². The highest BCUT2D eigenvalue weighted by Crippen LogP contribution is 2.13. The predicted octanol–water partition coefficient (Wildman–Crippen LogP) is 1.34. The van der Waals surface area contributed by atoms with Crippen LogP contribution in [0.2, 0.25) is 0 Å². The lowest BCUT2D eigenvalue weighted by Gasteiger charge is -2.20. The van der Waals surface area contributed by atoms with Gasteiger partial charge in [-0.1, -0.05) is 6.92 Å². The second-order valence-electron chi connectivity index (χ2n) is 4.82. The Labute approximate surface area is 117 Å². The van der Waals surface area contributed by atoms with Gasteiger partial charge in [0.15, 0.2) is 0 Å². The maximum atomic E-state index is 13.7. The quantitative estimate of drug-likeness (QED) is 0.826. The van der Waals surface area contributed by atoms with Gasteiger partial charge in [0.1, 0.15) is 5.82 Å². The molecule has 20 heavy (non-hydrogen) atoms. The number of carboxylic acids is 1. The number of halogens is 1. The zero-order valence-electron chi connectivity index (χ0n) is 11.8. The minimum Gasteiger partial charge on any atom is -0.478 e. The lowest BCUT2D eigenvalue weighted by Crippen LogP contribution is -2.34. The third-order valence-electron chi connectivity index (χ3n) is 3.01. The van der Waals surface area contributed by atoms with Crippen LogP contribution in [0.1, 0.15) is 22.8 Å². The minimum absolute atomic E-state index is 0.0501. The van der Waals surface area contributed by atoms with Crippen molar-refractivity contribution in [3.63, 3.8) is 0 Å². The van der Waals surface area contributed by atoms with Gasteiger partial charge in [-0.3, -0.25) is 4.79 Å². The molecule has 0 spiro atoms. The van der Waals surface area contributed by atoms with Gasteiger partial charge in [0, 0.05) is 31.6 Å². The van der Waals surface area contributed by atoms with E-state index in [2.05, 4.69) is 5.32 Å². The summed E-state index contributed by atoms with van der Waals surface area (Å²) in [5.74, 6) is -1.85. The fourth-order valence-corrected chi connectivity index (χ4v) is 1.98. The molecule has 1 aromatic rings. The normalized spacial score (nSPS) is 12.2. The van der Waals surface area contributed by atoms with Crippen molar-refractivity contribution in [2.75, 3.05) is 20.6 Å². The average molecular weight is 282 g/mol. The van der Waals surface area contributed by atoms with Crippen LogP contribution < -0.4 is 5.32 Å². The van der Waals surface area contributed by atoms with Crippen molar-refractivity contribution < 1.29 is 19.1 Å². The number of carbonyl (C=O) groups is 2. The number of carboxylic acid groups (broad SMARTS) is 1. The number of benzene rings is 1. The summed E-state index contributed by atoms with van der Waals surface area (Å²) in [6.07, 6.45) is 0. The van der Waals surface area contributed by atoms with Crippen molar-refractivity contribution in [2.45, 2.75) is 13.5 Å². The number of hydrogen-bond acceptors (Lipinski definition) is 3. The van der Waals surface area contributed by atoms with Crippen LogP contribution >= 0.6 is 0 Å². The molecule has 1 rings (SSSR count). The van der Waals surface area contributed by atoms with Gasteiger partial charge in [-0.2, -0.15) is 0 Å². The molecule has 0 fully saturated rings. The van der Waals surface area contributed by atoms with Gasteiger partial charge >= 0.3 is 5.97 Å². The first kappa shape index (κ1) is 16.1. The Kier molecular flexibility index (Phi) is 5.64. The summed E-state index contributed by atoms with van der Waals surface area (Å²) in [7, 11) is 3.32. The largest absolute Gasteiger partial charge is 0.478 e. The first-order valence-electron chi connectivity index (χ1n) is 6.27. The molecule has 0 bridgehead atoms. The van der Waals surface area contributed by atoms with Crippen LogP contribution in [0.5, 0.6) is 0 Å². The molecule has 5 nitrogen and oxygen atoms in total. The molecule has 6 heteroatoms. The van der Waals surface area contributed by atoms with Crippen molar-refractivity contribution in [1.82, 2.24) is 10.2 Å². The Morgan fingerprint density at radius 2 is 2.10 bits per heavy atom. The molecule has 0 saturated heterocycles. The fraction of sp³-hybridized carbons (Fsp3) is 0.429. The van der Waals surface area contributed by atoms with Gasteiger partial charge in [0.05, 0.1) is 5.56 Å². The zero-order valence-corrected chi connectivity index (χ0v) is 11.8. The summed E-state index contributed by atoms with van der Waals surface area (Å²) < 4.78 is 13.7. The topological polar surface area (TPSA) is 69.6 Å². The fourth-order valence-electron chi connectivity index (χ4n) is 1.98. The van der Waals surface area contributed by atoms with Crippen molar-refractivity contribution in [3.05, 3.63) is 35.1 Å². The predicted molar refractivity (Wildman–Crippen MR) is 72.9 cm³/mol. The number of nitrogens with zero attached hydrogens (tertiary/aromatic N) is 1. The lowest BCUT2D eigenvalue weighted by atomic mass is 10.1. The second-order valence-corrected chi connectivity index (χ2v) is 4.82. The van der Waals surface area contributed by atoms with Crippen molar-refractivity contribution in [1.29, 1.82) is 0 Å². The molecule has 0 saturated carbocycles. The highest BCUT2D eigenvalue weighted by molar-refractivity contribution is 5.87. The van der Waals surface area contributed by atoms with Gasteiger partial charge in [0.2, 0.25) is 5.91 Å². The number of hydrogen-bond donors (Lipinski definition) is 2. The second kappa shape index (κ2) is 7.00. The van der Waals surface area contributed by atoms with Crippen LogP contribution in [-0.4, -0.2) is 42.5 Å². The number of carbonyl (C=O) groups excluding carboxylic acids is 1. The first-order valence-corrected chi connectivity index (χ1v) is 6.27. The molecule has 1 unspecified atom stereocenters. The van der Waals surface area contributed by atoms with E-state index in [4.69, 9.17) is 5.11 Å². The van der Waals surface area contributed by atoms with Crippen LogP contribution in [-0.2, 0) is 11.3 Å². The SMILES string of the molecule is CNC(=O)C(C)CN(C)Cc1cc(C(=O)O)ccc1F. The lowest BCUT2D eigenvalue weighted by molar-refractivity contribution is -0.124. The summed E-state index contributed by atoms with van der Waals surface area (Å²) in [5.41, 5.74) is 0.352. The van der Waals surface area contributed by atoms with Crippen LogP contribution in [0.25, 0.3) is 0 Å². The van der Waals surface area contributed by atoms with Crippen LogP contribution in [0.3, 0.4) is 0 Å². The van der Waals surface area contributed by atoms with E-state index in [0.29, 0.717) is 12.1 Å². The molecule has 0 heterocycles. The Morgan fingerprint density at radius 1 is 1.45 bits per heavy atom. The summed E-state index contributed by atoms with van der Waals surface area (Å²) in [4.78, 5) is 24.1. The van der Waals surface area contributed by atoms with Crippen LogP contribution in [0.15, 0.2) is 18.2 Å². The number of rotatable bonds is 6. The molecule has 0 radical (unpaired) electrons. The molecule has 0 aliphatic carbocycles. The summed E-state index contributed by atoms with van der Waals surface area (Å²) in [6, 6.07) is 3.70.